The number of hydrogen-bond donors (Lipinski definition) is 2. The second-order valence-corrected chi connectivity index (χ2v) is 10.8. The van der Waals surface area contributed by atoms with Crippen molar-refractivity contribution in [1.29, 1.82) is 0 Å². The van der Waals surface area contributed by atoms with Gasteiger partial charge in [-0.05, 0) is 67.9 Å². The molecule has 0 radical (unpaired) electrons. The van der Waals surface area contributed by atoms with Gasteiger partial charge in [-0.3, -0.25) is 9.59 Å². The molecule has 186 valence electrons. The monoisotopic (exact) mass is 524 g/mol. The zero-order valence-electron chi connectivity index (χ0n) is 19.8. The van der Waals surface area contributed by atoms with Crippen LogP contribution in [0.25, 0.3) is 0 Å². The van der Waals surface area contributed by atoms with Crippen LogP contribution in [0.5, 0.6) is 0 Å². The number of ether oxygens (including phenoxy) is 2. The highest BCUT2D eigenvalue weighted by Crippen LogP contribution is 2.41. The summed E-state index contributed by atoms with van der Waals surface area (Å²) in [5.41, 5.74) is 3.26. The van der Waals surface area contributed by atoms with Gasteiger partial charge >= 0.3 is 11.9 Å². The predicted molar refractivity (Wildman–Crippen MR) is 138 cm³/mol. The Morgan fingerprint density at radius 3 is 1.58 bits per heavy atom. The molecule has 2 aliphatic rings. The molecule has 8 nitrogen and oxygen atoms in total. The van der Waals surface area contributed by atoms with Gasteiger partial charge in [-0.15, -0.1) is 22.7 Å². The van der Waals surface area contributed by atoms with E-state index in [-0.39, 0.29) is 11.1 Å². The van der Waals surface area contributed by atoms with Crippen LogP contribution in [0.1, 0.15) is 75.2 Å². The number of hydrogen-bond acceptors (Lipinski definition) is 8. The fourth-order valence-corrected chi connectivity index (χ4v) is 7.32. The molecule has 5 rings (SSSR count). The largest absolute Gasteiger partial charge is 0.465 e. The molecule has 2 aliphatic carbocycles. The lowest BCUT2D eigenvalue weighted by Gasteiger charge is -2.09. The number of carbonyl (C=O) groups is 4. The molecule has 0 aliphatic heterocycles. The van der Waals surface area contributed by atoms with Crippen LogP contribution in [0, 0.1) is 0 Å². The van der Waals surface area contributed by atoms with Crippen LogP contribution in [0.2, 0.25) is 0 Å². The number of aryl methyl sites for hydroxylation is 2. The average Bonchev–Trinajstić information content (AvgIpc) is 3.64. The van der Waals surface area contributed by atoms with Crippen LogP contribution in [-0.4, -0.2) is 38.0 Å². The second-order valence-electron chi connectivity index (χ2n) is 8.60. The third-order valence-corrected chi connectivity index (χ3v) is 8.88. The zero-order valence-corrected chi connectivity index (χ0v) is 21.5. The van der Waals surface area contributed by atoms with Crippen molar-refractivity contribution in [2.45, 2.75) is 38.5 Å². The van der Waals surface area contributed by atoms with Crippen molar-refractivity contribution in [3.63, 3.8) is 0 Å². The molecule has 2 amide bonds. The van der Waals surface area contributed by atoms with Gasteiger partial charge in [0.2, 0.25) is 0 Å². The fourth-order valence-electron chi connectivity index (χ4n) is 4.77. The van der Waals surface area contributed by atoms with E-state index in [9.17, 15) is 19.2 Å². The zero-order chi connectivity index (χ0) is 25.4. The lowest BCUT2D eigenvalue weighted by Crippen LogP contribution is -2.17. The number of fused-ring (bicyclic) bond motifs is 2. The van der Waals surface area contributed by atoms with Gasteiger partial charge in [0.05, 0.1) is 25.3 Å². The number of methoxy groups -OCH3 is 2. The molecule has 36 heavy (non-hydrogen) atoms. The Balaban J connectivity index is 1.37. The van der Waals surface area contributed by atoms with Crippen molar-refractivity contribution in [2.75, 3.05) is 24.9 Å². The standard InChI is InChI=1S/C26H24N2O6S2/c1-33-25(31)19-15-8-4-10-17(15)35-23(19)27-21(29)13-6-3-7-14(12-13)22(30)28-24-20(26(32)34-2)16-9-5-11-18(16)36-24/h3,6-7,12H,4-5,8-11H2,1-2H3,(H,27,29)(H,28,30). The van der Waals surface area contributed by atoms with Crippen molar-refractivity contribution in [2.24, 2.45) is 0 Å². The van der Waals surface area contributed by atoms with E-state index in [1.165, 1.54) is 43.0 Å². The minimum atomic E-state index is -0.470. The molecule has 3 aromatic rings. The van der Waals surface area contributed by atoms with Crippen LogP contribution >= 0.6 is 22.7 Å². The number of benzene rings is 1. The van der Waals surface area contributed by atoms with Crippen molar-refractivity contribution >= 4 is 56.4 Å². The molecule has 0 fully saturated rings. The van der Waals surface area contributed by atoms with Gasteiger partial charge in [0.1, 0.15) is 10.0 Å². The first-order chi connectivity index (χ1) is 17.4. The van der Waals surface area contributed by atoms with Gasteiger partial charge in [0.15, 0.2) is 0 Å². The Bertz CT molecular complexity index is 1300. The first kappa shape index (κ1) is 24.2. The van der Waals surface area contributed by atoms with Crippen molar-refractivity contribution in [1.82, 2.24) is 0 Å². The summed E-state index contributed by atoms with van der Waals surface area (Å²) in [5.74, 6) is -1.80. The molecular weight excluding hydrogens is 500 g/mol. The molecule has 2 aromatic heterocycles. The van der Waals surface area contributed by atoms with Gasteiger partial charge in [-0.2, -0.15) is 0 Å². The Kier molecular flexibility index (Phi) is 6.63. The Labute approximate surface area is 215 Å². The predicted octanol–water partition coefficient (Wildman–Crippen LogP) is 4.86. The van der Waals surface area contributed by atoms with Crippen LogP contribution in [-0.2, 0) is 35.2 Å². The van der Waals surface area contributed by atoms with E-state index < -0.39 is 23.8 Å². The highest BCUT2D eigenvalue weighted by molar-refractivity contribution is 7.17. The minimum Gasteiger partial charge on any atom is -0.465 e. The number of carbonyl (C=O) groups excluding carboxylic acids is 4. The summed E-state index contributed by atoms with van der Waals surface area (Å²) >= 11 is 2.78. The molecule has 2 N–H and O–H groups in total. The third-order valence-electron chi connectivity index (χ3n) is 6.46. The first-order valence-electron chi connectivity index (χ1n) is 11.6. The third kappa shape index (κ3) is 4.31. The maximum Gasteiger partial charge on any atom is 0.341 e. The average molecular weight is 525 g/mol. The summed E-state index contributed by atoms with van der Waals surface area (Å²) < 4.78 is 9.89. The maximum absolute atomic E-state index is 13.1. The molecule has 2 heterocycles. The quantitative estimate of drug-likeness (QED) is 0.446. The number of esters is 2. The van der Waals surface area contributed by atoms with E-state index in [4.69, 9.17) is 9.47 Å². The number of thiophene rings is 2. The molecular formula is C26H24N2O6S2. The first-order valence-corrected chi connectivity index (χ1v) is 13.2. The van der Waals surface area contributed by atoms with Crippen molar-refractivity contribution < 1.29 is 28.7 Å². The maximum atomic E-state index is 13.1. The Hall–Kier alpha value is -3.50. The molecule has 0 spiro atoms. The van der Waals surface area contributed by atoms with Gasteiger partial charge < -0.3 is 20.1 Å². The van der Waals surface area contributed by atoms with E-state index in [1.54, 1.807) is 18.2 Å². The van der Waals surface area contributed by atoms with Crippen LogP contribution in [0.3, 0.4) is 0 Å². The van der Waals surface area contributed by atoms with E-state index in [0.29, 0.717) is 21.1 Å². The summed E-state index contributed by atoms with van der Waals surface area (Å²) in [4.78, 5) is 53.1. The number of rotatable bonds is 6. The molecule has 1 aromatic carbocycles. The lowest BCUT2D eigenvalue weighted by atomic mass is 10.1. The topological polar surface area (TPSA) is 111 Å². The number of amides is 2. The highest BCUT2D eigenvalue weighted by atomic mass is 32.1. The Morgan fingerprint density at radius 1 is 0.722 bits per heavy atom. The number of anilines is 2. The molecule has 0 saturated carbocycles. The molecule has 0 atom stereocenters. The van der Waals surface area contributed by atoms with E-state index in [1.807, 2.05) is 0 Å². The molecule has 0 bridgehead atoms. The summed E-state index contributed by atoms with van der Waals surface area (Å²) in [6, 6.07) is 6.31. The smallest absolute Gasteiger partial charge is 0.341 e. The number of nitrogens with one attached hydrogen (secondary N) is 2. The molecule has 10 heteroatoms. The molecule has 0 unspecified atom stereocenters. The van der Waals surface area contributed by atoms with Gasteiger partial charge in [0, 0.05) is 20.9 Å². The minimum absolute atomic E-state index is 0.272. The second kappa shape index (κ2) is 9.87. The van der Waals surface area contributed by atoms with Crippen LogP contribution in [0.4, 0.5) is 10.0 Å². The SMILES string of the molecule is COC(=O)c1c(NC(=O)c2cccc(C(=O)Nc3sc4c(c3C(=O)OC)CCC4)c2)sc2c1CCC2. The molecule has 0 saturated heterocycles. The summed E-state index contributed by atoms with van der Waals surface area (Å²) in [5, 5.41) is 6.59. The van der Waals surface area contributed by atoms with Crippen LogP contribution in [0.15, 0.2) is 24.3 Å². The summed E-state index contributed by atoms with van der Waals surface area (Å²) in [6.45, 7) is 0. The van der Waals surface area contributed by atoms with Crippen molar-refractivity contribution in [3.05, 3.63) is 67.4 Å². The van der Waals surface area contributed by atoms with E-state index in [2.05, 4.69) is 10.6 Å². The van der Waals surface area contributed by atoms with E-state index in [0.717, 1.165) is 59.4 Å². The summed E-state index contributed by atoms with van der Waals surface area (Å²) in [7, 11) is 2.64. The Morgan fingerprint density at radius 2 is 1.17 bits per heavy atom. The van der Waals surface area contributed by atoms with Gasteiger partial charge in [0.25, 0.3) is 11.8 Å². The lowest BCUT2D eigenvalue weighted by molar-refractivity contribution is 0.0592. The van der Waals surface area contributed by atoms with E-state index >= 15 is 0 Å². The van der Waals surface area contributed by atoms with Gasteiger partial charge in [-0.25, -0.2) is 9.59 Å². The van der Waals surface area contributed by atoms with Crippen molar-refractivity contribution in [3.8, 4) is 0 Å². The highest BCUT2D eigenvalue weighted by Gasteiger charge is 2.30. The normalized spacial score (nSPS) is 13.6. The fraction of sp³-hybridized carbons (Fsp3) is 0.308. The van der Waals surface area contributed by atoms with Gasteiger partial charge in [-0.1, -0.05) is 6.07 Å². The summed E-state index contributed by atoms with van der Waals surface area (Å²) in [6.07, 6.45) is 5.25. The van der Waals surface area contributed by atoms with Crippen LogP contribution < -0.4 is 10.6 Å².